The monoisotopic (exact) mass is 503 g/mol. The summed E-state index contributed by atoms with van der Waals surface area (Å²) in [5.74, 6) is 0.893. The Bertz CT molecular complexity index is 1310. The number of hydrogen-bond acceptors (Lipinski definition) is 7. The van der Waals surface area contributed by atoms with E-state index in [-0.39, 0.29) is 18.4 Å². The number of nitrogens with one attached hydrogen (secondary N) is 2. The largest absolute Gasteiger partial charge is 0.495 e. The fraction of sp³-hybridized carbons (Fsp3) is 0.148. The van der Waals surface area contributed by atoms with Crippen molar-refractivity contribution in [2.45, 2.75) is 6.92 Å². The van der Waals surface area contributed by atoms with Crippen LogP contribution in [0.2, 0.25) is 0 Å². The molecule has 1 aliphatic heterocycles. The van der Waals surface area contributed by atoms with Gasteiger partial charge in [-0.15, -0.1) is 0 Å². The first-order valence-corrected chi connectivity index (χ1v) is 12.0. The number of carbonyl (C=O) groups excluding carboxylic acids is 2. The Morgan fingerprint density at radius 3 is 2.56 bits per heavy atom. The molecule has 0 spiro atoms. The second kappa shape index (κ2) is 11.9. The first-order valence-electron chi connectivity index (χ1n) is 11.2. The van der Waals surface area contributed by atoms with Crippen LogP contribution in [0, 0.1) is 0 Å². The molecule has 9 heteroatoms. The lowest BCUT2D eigenvalue weighted by atomic mass is 10.2. The van der Waals surface area contributed by atoms with Crippen LogP contribution in [0.3, 0.4) is 0 Å². The molecular weight excluding hydrogens is 478 g/mol. The molecule has 8 nitrogen and oxygen atoms in total. The summed E-state index contributed by atoms with van der Waals surface area (Å²) in [4.78, 5) is 29.8. The zero-order valence-electron chi connectivity index (χ0n) is 19.8. The molecule has 184 valence electrons. The van der Waals surface area contributed by atoms with Crippen LogP contribution in [-0.4, -0.2) is 37.3 Å². The van der Waals surface area contributed by atoms with Crippen molar-refractivity contribution in [3.05, 3.63) is 83.3 Å². The standard InChI is InChI=1S/C27H25N3O5S/c1-3-34-23-15-18(16-24-26(32)30-27(36-24)28-19-9-5-4-6-10-19)13-14-22(23)35-17-25(31)29-20-11-7-8-12-21(20)33-2/h4-16H,3,17H2,1-2H3,(H,29,31)(H,28,30,32)/b24-16+. The predicted octanol–water partition coefficient (Wildman–Crippen LogP) is 5.00. The molecular formula is C27H25N3O5S. The van der Waals surface area contributed by atoms with Crippen molar-refractivity contribution in [2.75, 3.05) is 25.6 Å². The number of benzene rings is 3. The molecule has 1 heterocycles. The quantitative estimate of drug-likeness (QED) is 0.399. The van der Waals surface area contributed by atoms with Crippen LogP contribution in [0.4, 0.5) is 11.4 Å². The average Bonchev–Trinajstić information content (AvgIpc) is 3.22. The molecule has 2 N–H and O–H groups in total. The van der Waals surface area contributed by atoms with E-state index in [4.69, 9.17) is 14.2 Å². The van der Waals surface area contributed by atoms with E-state index in [9.17, 15) is 9.59 Å². The Hall–Kier alpha value is -4.24. The van der Waals surface area contributed by atoms with Gasteiger partial charge in [-0.3, -0.25) is 9.59 Å². The second-order valence-corrected chi connectivity index (χ2v) is 8.52. The molecule has 3 aromatic carbocycles. The Balaban J connectivity index is 1.44. The smallest absolute Gasteiger partial charge is 0.264 e. The van der Waals surface area contributed by atoms with E-state index in [0.29, 0.717) is 39.6 Å². The number of methoxy groups -OCH3 is 1. The molecule has 0 aliphatic carbocycles. The Morgan fingerprint density at radius 2 is 1.78 bits per heavy atom. The molecule has 4 rings (SSSR count). The number of aliphatic imine (C=N–C) groups is 1. The zero-order chi connectivity index (χ0) is 25.3. The van der Waals surface area contributed by atoms with Crippen molar-refractivity contribution in [1.29, 1.82) is 0 Å². The number of rotatable bonds is 9. The highest BCUT2D eigenvalue weighted by Crippen LogP contribution is 2.32. The van der Waals surface area contributed by atoms with Crippen LogP contribution < -0.4 is 24.8 Å². The lowest BCUT2D eigenvalue weighted by molar-refractivity contribution is -0.118. The van der Waals surface area contributed by atoms with Crippen molar-refractivity contribution >= 4 is 46.2 Å². The summed E-state index contributed by atoms with van der Waals surface area (Å²) in [5, 5.41) is 6.07. The molecule has 0 aromatic heterocycles. The van der Waals surface area contributed by atoms with Gasteiger partial charge < -0.3 is 24.8 Å². The number of hydrogen-bond donors (Lipinski definition) is 2. The minimum absolute atomic E-state index is 0.212. The number of para-hydroxylation sites is 3. The van der Waals surface area contributed by atoms with Crippen LogP contribution >= 0.6 is 11.8 Å². The van der Waals surface area contributed by atoms with Gasteiger partial charge in [0.15, 0.2) is 23.3 Å². The summed E-state index contributed by atoms with van der Waals surface area (Å²) in [6.07, 6.45) is 1.76. The Morgan fingerprint density at radius 1 is 1.00 bits per heavy atom. The van der Waals surface area contributed by atoms with Gasteiger partial charge in [0.1, 0.15) is 5.75 Å². The number of anilines is 1. The summed E-state index contributed by atoms with van der Waals surface area (Å²) in [6, 6.07) is 21.8. The summed E-state index contributed by atoms with van der Waals surface area (Å²) >= 11 is 1.27. The van der Waals surface area contributed by atoms with Crippen LogP contribution in [0.25, 0.3) is 6.08 Å². The molecule has 0 bridgehead atoms. The van der Waals surface area contributed by atoms with Crippen LogP contribution in [0.15, 0.2) is 82.7 Å². The maximum Gasteiger partial charge on any atom is 0.264 e. The molecule has 3 aromatic rings. The fourth-order valence-corrected chi connectivity index (χ4v) is 4.17. The van der Waals surface area contributed by atoms with E-state index < -0.39 is 0 Å². The van der Waals surface area contributed by atoms with Crippen LogP contribution in [-0.2, 0) is 9.59 Å². The normalized spacial score (nSPS) is 15.0. The molecule has 0 atom stereocenters. The van der Waals surface area contributed by atoms with Crippen LogP contribution in [0.5, 0.6) is 17.2 Å². The number of carbonyl (C=O) groups is 2. The third kappa shape index (κ3) is 6.45. The van der Waals surface area contributed by atoms with Gasteiger partial charge in [-0.25, -0.2) is 4.99 Å². The van der Waals surface area contributed by atoms with Crippen molar-refractivity contribution in [2.24, 2.45) is 4.99 Å². The number of nitrogens with zero attached hydrogens (tertiary/aromatic N) is 1. The lowest BCUT2D eigenvalue weighted by Gasteiger charge is -2.13. The maximum absolute atomic E-state index is 12.4. The van der Waals surface area contributed by atoms with Gasteiger partial charge in [0.05, 0.1) is 30.0 Å². The van der Waals surface area contributed by atoms with Gasteiger partial charge in [0, 0.05) is 0 Å². The van der Waals surface area contributed by atoms with Gasteiger partial charge in [0.25, 0.3) is 11.8 Å². The van der Waals surface area contributed by atoms with Crippen molar-refractivity contribution in [3.8, 4) is 17.2 Å². The first kappa shape index (κ1) is 24.9. The molecule has 0 saturated carbocycles. The molecule has 2 amide bonds. The number of amidine groups is 1. The summed E-state index contributed by atoms with van der Waals surface area (Å²) in [6.45, 7) is 2.05. The Labute approximate surface area is 213 Å². The van der Waals surface area contributed by atoms with Gasteiger partial charge in [-0.2, -0.15) is 0 Å². The summed E-state index contributed by atoms with van der Waals surface area (Å²) in [7, 11) is 1.54. The van der Waals surface area contributed by atoms with E-state index in [1.807, 2.05) is 43.3 Å². The van der Waals surface area contributed by atoms with Crippen molar-refractivity contribution in [3.63, 3.8) is 0 Å². The van der Waals surface area contributed by atoms with Gasteiger partial charge in [-0.1, -0.05) is 36.4 Å². The van der Waals surface area contributed by atoms with Gasteiger partial charge in [-0.05, 0) is 66.7 Å². The van der Waals surface area contributed by atoms with E-state index in [2.05, 4.69) is 15.6 Å². The summed E-state index contributed by atoms with van der Waals surface area (Å²) < 4.78 is 16.7. The minimum atomic E-state index is -0.336. The molecule has 1 fully saturated rings. The minimum Gasteiger partial charge on any atom is -0.495 e. The molecule has 1 aliphatic rings. The van der Waals surface area contributed by atoms with Crippen molar-refractivity contribution in [1.82, 2.24) is 5.32 Å². The van der Waals surface area contributed by atoms with Gasteiger partial charge in [0.2, 0.25) is 0 Å². The molecule has 0 radical (unpaired) electrons. The van der Waals surface area contributed by atoms with E-state index in [0.717, 1.165) is 11.3 Å². The highest BCUT2D eigenvalue weighted by atomic mass is 32.2. The second-order valence-electron chi connectivity index (χ2n) is 7.49. The number of thioether (sulfide) groups is 1. The fourth-order valence-electron chi connectivity index (χ4n) is 3.33. The average molecular weight is 504 g/mol. The molecule has 1 saturated heterocycles. The van der Waals surface area contributed by atoms with Crippen LogP contribution in [0.1, 0.15) is 12.5 Å². The maximum atomic E-state index is 12.4. The first-order chi connectivity index (χ1) is 17.6. The highest BCUT2D eigenvalue weighted by molar-refractivity contribution is 8.18. The highest BCUT2D eigenvalue weighted by Gasteiger charge is 2.24. The topological polar surface area (TPSA) is 98.3 Å². The predicted molar refractivity (Wildman–Crippen MR) is 142 cm³/mol. The number of ether oxygens (including phenoxy) is 3. The van der Waals surface area contributed by atoms with Crippen molar-refractivity contribution < 1.29 is 23.8 Å². The number of amides is 2. The zero-order valence-corrected chi connectivity index (χ0v) is 20.6. The van der Waals surface area contributed by atoms with E-state index in [1.165, 1.54) is 18.9 Å². The molecule has 0 unspecified atom stereocenters. The van der Waals surface area contributed by atoms with Gasteiger partial charge >= 0.3 is 0 Å². The third-order valence-electron chi connectivity index (χ3n) is 4.94. The van der Waals surface area contributed by atoms with E-state index >= 15 is 0 Å². The lowest BCUT2D eigenvalue weighted by Crippen LogP contribution is -2.20. The summed E-state index contributed by atoms with van der Waals surface area (Å²) in [5.41, 5.74) is 2.07. The third-order valence-corrected chi connectivity index (χ3v) is 5.85. The van der Waals surface area contributed by atoms with E-state index in [1.54, 1.807) is 42.5 Å². The Kier molecular flexibility index (Phi) is 8.25. The SMILES string of the molecule is CCOc1cc(/C=C2/SC(=Nc3ccccc3)NC2=O)ccc1OCC(=O)Nc1ccccc1OC. The molecule has 36 heavy (non-hydrogen) atoms.